The zero-order valence-electron chi connectivity index (χ0n) is 14.7. The average molecular weight is 385 g/mol. The number of thiazole rings is 1. The number of nitrogens with zero attached hydrogens (tertiary/aromatic N) is 2. The zero-order valence-corrected chi connectivity index (χ0v) is 15.5. The maximum absolute atomic E-state index is 11.2. The molecule has 0 aliphatic carbocycles. The number of ether oxygens (including phenoxy) is 1. The predicted molar refractivity (Wildman–Crippen MR) is 104 cm³/mol. The monoisotopic (exact) mass is 385 g/mol. The normalized spacial score (nSPS) is 10.6. The number of rotatable bonds is 8. The molecular weight excluding hydrogens is 366 g/mol. The Bertz CT molecular complexity index is 948. The Kier molecular flexibility index (Phi) is 5.87. The second-order valence-corrected chi connectivity index (χ2v) is 7.01. The van der Waals surface area contributed by atoms with E-state index in [4.69, 9.17) is 4.74 Å². The molecule has 0 aliphatic heterocycles. The summed E-state index contributed by atoms with van der Waals surface area (Å²) in [7, 11) is 1.91. The quantitative estimate of drug-likeness (QED) is 0.579. The van der Waals surface area contributed by atoms with Crippen molar-refractivity contribution in [3.8, 4) is 11.6 Å². The number of aromatic amines is 1. The summed E-state index contributed by atoms with van der Waals surface area (Å²) in [5.74, 6) is 1.44. The van der Waals surface area contributed by atoms with E-state index in [1.807, 2.05) is 36.2 Å². The molecule has 0 bridgehead atoms. The van der Waals surface area contributed by atoms with E-state index < -0.39 is 0 Å². The number of hydrogen-bond acceptors (Lipinski definition) is 7. The van der Waals surface area contributed by atoms with Crippen LogP contribution >= 0.6 is 11.3 Å². The highest BCUT2D eigenvalue weighted by atomic mass is 32.1. The largest absolute Gasteiger partial charge is 0.494 e. The van der Waals surface area contributed by atoms with Gasteiger partial charge in [-0.05, 0) is 29.8 Å². The van der Waals surface area contributed by atoms with Gasteiger partial charge in [-0.1, -0.05) is 23.5 Å². The van der Waals surface area contributed by atoms with Crippen molar-refractivity contribution < 1.29 is 14.6 Å². The molecule has 27 heavy (non-hydrogen) atoms. The molecule has 140 valence electrons. The van der Waals surface area contributed by atoms with E-state index in [2.05, 4.69) is 9.97 Å². The van der Waals surface area contributed by atoms with Crippen molar-refractivity contribution in [1.82, 2.24) is 9.97 Å². The van der Waals surface area contributed by atoms with E-state index in [0.717, 1.165) is 34.8 Å². The van der Waals surface area contributed by atoms with Gasteiger partial charge >= 0.3 is 4.87 Å². The third-order valence-corrected chi connectivity index (χ3v) is 4.85. The van der Waals surface area contributed by atoms with Gasteiger partial charge in [0.1, 0.15) is 18.2 Å². The van der Waals surface area contributed by atoms with Crippen LogP contribution in [0.25, 0.3) is 0 Å². The molecule has 1 aromatic carbocycles. The minimum atomic E-state index is -0.262. The van der Waals surface area contributed by atoms with Gasteiger partial charge in [0.2, 0.25) is 5.88 Å². The maximum Gasteiger partial charge on any atom is 0.307 e. The number of carbonyl (C=O) groups is 1. The first kappa shape index (κ1) is 18.7. The van der Waals surface area contributed by atoms with E-state index in [9.17, 15) is 14.7 Å². The summed E-state index contributed by atoms with van der Waals surface area (Å²) >= 11 is 1.01. The van der Waals surface area contributed by atoms with Crippen LogP contribution in [-0.2, 0) is 6.42 Å². The van der Waals surface area contributed by atoms with Crippen molar-refractivity contribution in [3.63, 3.8) is 0 Å². The number of pyridine rings is 1. The Balaban J connectivity index is 1.50. The Morgan fingerprint density at radius 3 is 2.63 bits per heavy atom. The summed E-state index contributed by atoms with van der Waals surface area (Å²) in [4.78, 5) is 30.8. The summed E-state index contributed by atoms with van der Waals surface area (Å²) in [5, 5.41) is 9.64. The molecular formula is C19H19N3O4S. The standard InChI is InChI=1S/C19H19N3O4S/c1-22(17-7-4-14(12-23)11-20-17)8-9-26-15-5-2-13(3-6-15)10-16-18(24)21-19(25)27-16/h2-7,11-12,24H,8-10H2,1H3,(H,21,25). The molecule has 0 fully saturated rings. The fraction of sp³-hybridized carbons (Fsp3) is 0.211. The number of anilines is 1. The number of aromatic nitrogens is 2. The molecule has 0 saturated carbocycles. The summed E-state index contributed by atoms with van der Waals surface area (Å²) in [6, 6.07) is 11.1. The number of H-pyrrole nitrogens is 1. The van der Waals surface area contributed by atoms with Crippen LogP contribution in [0.4, 0.5) is 5.82 Å². The molecule has 0 aliphatic rings. The number of aromatic hydroxyl groups is 1. The molecule has 2 N–H and O–H groups in total. The fourth-order valence-corrected chi connectivity index (χ4v) is 3.23. The SMILES string of the molecule is CN(CCOc1ccc(Cc2sc(=O)[nH]c2O)cc1)c1ccc(C=O)cn1. The van der Waals surface area contributed by atoms with Gasteiger partial charge in [-0.2, -0.15) is 0 Å². The van der Waals surface area contributed by atoms with Gasteiger partial charge in [0, 0.05) is 25.2 Å². The van der Waals surface area contributed by atoms with Crippen LogP contribution in [-0.4, -0.2) is 41.6 Å². The minimum Gasteiger partial charge on any atom is -0.494 e. The topological polar surface area (TPSA) is 95.5 Å². The predicted octanol–water partition coefficient (Wildman–Crippen LogP) is 2.46. The van der Waals surface area contributed by atoms with Crippen LogP contribution in [0, 0.1) is 0 Å². The first-order valence-electron chi connectivity index (χ1n) is 8.30. The van der Waals surface area contributed by atoms with Gasteiger partial charge in [-0.3, -0.25) is 14.6 Å². The van der Waals surface area contributed by atoms with Crippen LogP contribution in [0.3, 0.4) is 0 Å². The van der Waals surface area contributed by atoms with Crippen molar-refractivity contribution in [2.75, 3.05) is 25.1 Å². The van der Waals surface area contributed by atoms with E-state index >= 15 is 0 Å². The number of aldehydes is 1. The van der Waals surface area contributed by atoms with Crippen LogP contribution < -0.4 is 14.5 Å². The highest BCUT2D eigenvalue weighted by Gasteiger charge is 2.08. The van der Waals surface area contributed by atoms with Gasteiger partial charge < -0.3 is 14.7 Å². The lowest BCUT2D eigenvalue weighted by molar-refractivity contribution is 0.112. The third-order valence-electron chi connectivity index (χ3n) is 3.98. The maximum atomic E-state index is 11.2. The van der Waals surface area contributed by atoms with Gasteiger partial charge in [-0.25, -0.2) is 4.98 Å². The molecule has 0 spiro atoms. The molecule has 7 nitrogen and oxygen atoms in total. The molecule has 2 aromatic heterocycles. The number of carbonyl (C=O) groups excluding carboxylic acids is 1. The summed E-state index contributed by atoms with van der Waals surface area (Å²) < 4.78 is 5.75. The molecule has 3 rings (SSSR count). The van der Waals surface area contributed by atoms with Crippen LogP contribution in [0.1, 0.15) is 20.8 Å². The first-order valence-corrected chi connectivity index (χ1v) is 9.12. The second-order valence-electron chi connectivity index (χ2n) is 5.94. The van der Waals surface area contributed by atoms with Crippen LogP contribution in [0.15, 0.2) is 47.4 Å². The Labute approximate surface area is 159 Å². The van der Waals surface area contributed by atoms with Crippen LogP contribution in [0.2, 0.25) is 0 Å². The van der Waals surface area contributed by atoms with Crippen molar-refractivity contribution in [2.24, 2.45) is 0 Å². The summed E-state index contributed by atoms with van der Waals surface area (Å²) in [6.45, 7) is 1.12. The number of hydrogen-bond donors (Lipinski definition) is 2. The van der Waals surface area contributed by atoms with E-state index in [1.165, 1.54) is 6.20 Å². The molecule has 0 atom stereocenters. The minimum absolute atomic E-state index is 0.0665. The molecule has 0 saturated heterocycles. The first-order chi connectivity index (χ1) is 13.0. The Morgan fingerprint density at radius 1 is 1.26 bits per heavy atom. The van der Waals surface area contributed by atoms with Gasteiger partial charge in [0.15, 0.2) is 6.29 Å². The average Bonchev–Trinajstić information content (AvgIpc) is 3.00. The van der Waals surface area contributed by atoms with Gasteiger partial charge in [0.05, 0.1) is 11.4 Å². The van der Waals surface area contributed by atoms with Gasteiger partial charge in [-0.15, -0.1) is 0 Å². The lowest BCUT2D eigenvalue weighted by Crippen LogP contribution is -2.24. The highest BCUT2D eigenvalue weighted by molar-refractivity contribution is 7.09. The molecule has 0 amide bonds. The molecule has 8 heteroatoms. The molecule has 0 unspecified atom stereocenters. The lowest BCUT2D eigenvalue weighted by Gasteiger charge is -2.18. The lowest BCUT2D eigenvalue weighted by atomic mass is 10.1. The van der Waals surface area contributed by atoms with E-state index in [0.29, 0.717) is 30.0 Å². The summed E-state index contributed by atoms with van der Waals surface area (Å²) in [5.41, 5.74) is 1.52. The second kappa shape index (κ2) is 8.50. The Hall–Kier alpha value is -3.13. The summed E-state index contributed by atoms with van der Waals surface area (Å²) in [6.07, 6.45) is 2.79. The third kappa shape index (κ3) is 4.95. The fourth-order valence-electron chi connectivity index (χ4n) is 2.47. The highest BCUT2D eigenvalue weighted by Crippen LogP contribution is 2.21. The van der Waals surface area contributed by atoms with Crippen LogP contribution in [0.5, 0.6) is 11.6 Å². The van der Waals surface area contributed by atoms with Crippen molar-refractivity contribution >= 4 is 23.4 Å². The van der Waals surface area contributed by atoms with Crippen molar-refractivity contribution in [3.05, 3.63) is 68.3 Å². The smallest absolute Gasteiger partial charge is 0.307 e. The van der Waals surface area contributed by atoms with Gasteiger partial charge in [0.25, 0.3) is 0 Å². The van der Waals surface area contributed by atoms with E-state index in [-0.39, 0.29) is 10.8 Å². The van der Waals surface area contributed by atoms with E-state index in [1.54, 1.807) is 12.1 Å². The van der Waals surface area contributed by atoms with Crippen molar-refractivity contribution in [2.45, 2.75) is 6.42 Å². The number of benzene rings is 1. The number of likely N-dealkylation sites (N-methyl/N-ethyl adjacent to an activating group) is 1. The Morgan fingerprint density at radius 2 is 2.04 bits per heavy atom. The zero-order chi connectivity index (χ0) is 19.2. The van der Waals surface area contributed by atoms with Crippen molar-refractivity contribution in [1.29, 1.82) is 0 Å². The molecule has 3 aromatic rings. The number of nitrogens with one attached hydrogen (secondary N) is 1. The molecule has 2 heterocycles. The molecule has 0 radical (unpaired) electrons.